The standard InChI is InChI=1S/C9H15N3O2/c1-2-13-8-6-9(12-7-11-8)14-5-3-4-10/h6-7H,2-5,10H2,1H3. The zero-order valence-corrected chi connectivity index (χ0v) is 8.27. The molecule has 1 aromatic heterocycles. The van der Waals surface area contributed by atoms with Crippen LogP contribution in [-0.2, 0) is 0 Å². The number of hydrogen-bond acceptors (Lipinski definition) is 5. The zero-order valence-electron chi connectivity index (χ0n) is 8.27. The molecular weight excluding hydrogens is 182 g/mol. The summed E-state index contributed by atoms with van der Waals surface area (Å²) in [5.41, 5.74) is 5.33. The van der Waals surface area contributed by atoms with E-state index in [9.17, 15) is 0 Å². The Morgan fingerprint density at radius 2 is 2.00 bits per heavy atom. The van der Waals surface area contributed by atoms with Crippen molar-refractivity contribution in [3.63, 3.8) is 0 Å². The summed E-state index contributed by atoms with van der Waals surface area (Å²) in [7, 11) is 0. The van der Waals surface area contributed by atoms with Crippen molar-refractivity contribution in [3.05, 3.63) is 12.4 Å². The molecule has 0 atom stereocenters. The Hall–Kier alpha value is -1.36. The molecule has 0 aliphatic rings. The Kier molecular flexibility index (Phi) is 4.71. The first-order valence-electron chi connectivity index (χ1n) is 4.64. The predicted molar refractivity (Wildman–Crippen MR) is 52.4 cm³/mol. The Balaban J connectivity index is 2.46. The van der Waals surface area contributed by atoms with Crippen molar-refractivity contribution in [1.29, 1.82) is 0 Å². The zero-order chi connectivity index (χ0) is 10.2. The van der Waals surface area contributed by atoms with Gasteiger partial charge >= 0.3 is 0 Å². The minimum absolute atomic E-state index is 0.525. The molecule has 1 rings (SSSR count). The first-order chi connectivity index (χ1) is 6.86. The van der Waals surface area contributed by atoms with E-state index in [4.69, 9.17) is 15.2 Å². The molecule has 0 saturated heterocycles. The van der Waals surface area contributed by atoms with Gasteiger partial charge in [-0.25, -0.2) is 9.97 Å². The van der Waals surface area contributed by atoms with Gasteiger partial charge in [0.05, 0.1) is 19.3 Å². The van der Waals surface area contributed by atoms with Crippen LogP contribution in [0.2, 0.25) is 0 Å². The molecule has 0 amide bonds. The second-order valence-electron chi connectivity index (χ2n) is 2.62. The van der Waals surface area contributed by atoms with Gasteiger partial charge in [-0.3, -0.25) is 0 Å². The maximum absolute atomic E-state index is 5.33. The van der Waals surface area contributed by atoms with E-state index in [-0.39, 0.29) is 0 Å². The average molecular weight is 197 g/mol. The molecule has 1 aromatic rings. The number of nitrogens with two attached hydrogens (primary N) is 1. The maximum Gasteiger partial charge on any atom is 0.220 e. The third-order valence-corrected chi connectivity index (χ3v) is 1.51. The fraction of sp³-hybridized carbons (Fsp3) is 0.556. The average Bonchev–Trinajstić information content (AvgIpc) is 2.19. The van der Waals surface area contributed by atoms with Crippen molar-refractivity contribution in [2.24, 2.45) is 5.73 Å². The highest BCUT2D eigenvalue weighted by molar-refractivity contribution is 5.17. The van der Waals surface area contributed by atoms with E-state index in [1.165, 1.54) is 6.33 Å². The summed E-state index contributed by atoms with van der Waals surface area (Å²) >= 11 is 0. The number of ether oxygens (including phenoxy) is 2. The lowest BCUT2D eigenvalue weighted by atomic mass is 10.5. The molecule has 78 valence electrons. The number of hydrogen-bond donors (Lipinski definition) is 1. The summed E-state index contributed by atoms with van der Waals surface area (Å²) in [4.78, 5) is 7.86. The van der Waals surface area contributed by atoms with Crippen LogP contribution in [0.25, 0.3) is 0 Å². The third-order valence-electron chi connectivity index (χ3n) is 1.51. The van der Waals surface area contributed by atoms with Gasteiger partial charge in [0.15, 0.2) is 0 Å². The highest BCUT2D eigenvalue weighted by atomic mass is 16.5. The van der Waals surface area contributed by atoms with E-state index in [0.717, 1.165) is 6.42 Å². The lowest BCUT2D eigenvalue weighted by Crippen LogP contribution is -2.07. The smallest absolute Gasteiger partial charge is 0.220 e. The van der Waals surface area contributed by atoms with Crippen LogP contribution < -0.4 is 15.2 Å². The summed E-state index contributed by atoms with van der Waals surface area (Å²) in [6.45, 7) is 3.67. The van der Waals surface area contributed by atoms with E-state index in [2.05, 4.69) is 9.97 Å². The molecule has 0 unspecified atom stereocenters. The molecule has 0 saturated carbocycles. The van der Waals surface area contributed by atoms with Gasteiger partial charge in [0.1, 0.15) is 6.33 Å². The summed E-state index contributed by atoms with van der Waals surface area (Å²) in [5, 5.41) is 0. The molecular formula is C9H15N3O2. The lowest BCUT2D eigenvalue weighted by Gasteiger charge is -2.05. The summed E-state index contributed by atoms with van der Waals surface area (Å²) in [6.07, 6.45) is 2.23. The van der Waals surface area contributed by atoms with Gasteiger partial charge in [-0.2, -0.15) is 0 Å². The number of rotatable bonds is 6. The number of aromatic nitrogens is 2. The van der Waals surface area contributed by atoms with Crippen LogP contribution in [0.1, 0.15) is 13.3 Å². The molecule has 0 aromatic carbocycles. The summed E-state index contributed by atoms with van der Waals surface area (Å²) in [5.74, 6) is 1.06. The van der Waals surface area contributed by atoms with Gasteiger partial charge in [-0.15, -0.1) is 0 Å². The monoisotopic (exact) mass is 197 g/mol. The molecule has 5 heteroatoms. The van der Waals surface area contributed by atoms with Crippen molar-refractivity contribution in [2.45, 2.75) is 13.3 Å². The molecule has 14 heavy (non-hydrogen) atoms. The Morgan fingerprint density at radius 3 is 2.64 bits per heavy atom. The first kappa shape index (κ1) is 10.7. The van der Waals surface area contributed by atoms with Crippen molar-refractivity contribution >= 4 is 0 Å². The van der Waals surface area contributed by atoms with Crippen LogP contribution in [0.15, 0.2) is 12.4 Å². The van der Waals surface area contributed by atoms with Crippen LogP contribution >= 0.6 is 0 Å². The van der Waals surface area contributed by atoms with Crippen molar-refractivity contribution in [1.82, 2.24) is 9.97 Å². The van der Waals surface area contributed by atoms with E-state index in [1.807, 2.05) is 6.92 Å². The van der Waals surface area contributed by atoms with Gasteiger partial charge in [0.2, 0.25) is 11.8 Å². The SMILES string of the molecule is CCOc1cc(OCCCN)ncn1. The van der Waals surface area contributed by atoms with Crippen LogP contribution in [0.4, 0.5) is 0 Å². The third kappa shape index (κ3) is 3.57. The molecule has 0 bridgehead atoms. The molecule has 0 radical (unpaired) electrons. The van der Waals surface area contributed by atoms with Crippen LogP contribution in [-0.4, -0.2) is 29.7 Å². The second-order valence-corrected chi connectivity index (χ2v) is 2.62. The van der Waals surface area contributed by atoms with Crippen LogP contribution in [0.5, 0.6) is 11.8 Å². The normalized spacial score (nSPS) is 9.86. The molecule has 0 fully saturated rings. The van der Waals surface area contributed by atoms with Gasteiger partial charge in [-0.05, 0) is 19.9 Å². The minimum atomic E-state index is 0.525. The Bertz CT molecular complexity index is 268. The van der Waals surface area contributed by atoms with E-state index < -0.39 is 0 Å². The van der Waals surface area contributed by atoms with Crippen LogP contribution in [0, 0.1) is 0 Å². The highest BCUT2D eigenvalue weighted by Crippen LogP contribution is 2.12. The Labute approximate surface area is 83.3 Å². The van der Waals surface area contributed by atoms with E-state index in [1.54, 1.807) is 6.07 Å². The second kappa shape index (κ2) is 6.15. The summed E-state index contributed by atoms with van der Waals surface area (Å²) < 4.78 is 10.5. The topological polar surface area (TPSA) is 70.3 Å². The number of nitrogens with zero attached hydrogens (tertiary/aromatic N) is 2. The minimum Gasteiger partial charge on any atom is -0.478 e. The lowest BCUT2D eigenvalue weighted by molar-refractivity contribution is 0.290. The van der Waals surface area contributed by atoms with Gasteiger partial charge in [-0.1, -0.05) is 0 Å². The molecule has 0 spiro atoms. The fourth-order valence-corrected chi connectivity index (χ4v) is 0.889. The quantitative estimate of drug-likeness (QED) is 0.676. The van der Waals surface area contributed by atoms with Gasteiger partial charge in [0.25, 0.3) is 0 Å². The van der Waals surface area contributed by atoms with E-state index >= 15 is 0 Å². The van der Waals surface area contributed by atoms with Crippen molar-refractivity contribution < 1.29 is 9.47 Å². The molecule has 0 aliphatic heterocycles. The van der Waals surface area contributed by atoms with Crippen molar-refractivity contribution in [2.75, 3.05) is 19.8 Å². The van der Waals surface area contributed by atoms with Crippen molar-refractivity contribution in [3.8, 4) is 11.8 Å². The van der Waals surface area contributed by atoms with E-state index in [0.29, 0.717) is 31.5 Å². The Morgan fingerprint density at radius 1 is 1.29 bits per heavy atom. The maximum atomic E-state index is 5.33. The fourth-order valence-electron chi connectivity index (χ4n) is 0.889. The molecule has 1 heterocycles. The predicted octanol–water partition coefficient (Wildman–Crippen LogP) is 0.603. The highest BCUT2D eigenvalue weighted by Gasteiger charge is 1.99. The van der Waals surface area contributed by atoms with Crippen LogP contribution in [0.3, 0.4) is 0 Å². The largest absolute Gasteiger partial charge is 0.478 e. The van der Waals surface area contributed by atoms with Gasteiger partial charge in [0, 0.05) is 0 Å². The first-order valence-corrected chi connectivity index (χ1v) is 4.64. The summed E-state index contributed by atoms with van der Waals surface area (Å²) in [6, 6.07) is 1.67. The van der Waals surface area contributed by atoms with Gasteiger partial charge < -0.3 is 15.2 Å². The molecule has 2 N–H and O–H groups in total. The molecule has 0 aliphatic carbocycles. The molecule has 5 nitrogen and oxygen atoms in total.